The van der Waals surface area contributed by atoms with Gasteiger partial charge < -0.3 is 9.84 Å². The molecule has 0 aliphatic rings. The Labute approximate surface area is 109 Å². The molecule has 0 saturated carbocycles. The topological polar surface area (TPSA) is 46.5 Å². The highest BCUT2D eigenvalue weighted by molar-refractivity contribution is 6.30. The SMILES string of the molecule is O=C(O)/C=C/c1cc(Cl)ccc1OC/C=C/Cl. The van der Waals surface area contributed by atoms with Gasteiger partial charge in [0, 0.05) is 22.2 Å². The second-order valence-electron chi connectivity index (χ2n) is 3.03. The van der Waals surface area contributed by atoms with Crippen LogP contribution in [0.5, 0.6) is 5.75 Å². The molecule has 1 aromatic carbocycles. The Morgan fingerprint density at radius 2 is 2.24 bits per heavy atom. The molecule has 1 rings (SSSR count). The van der Waals surface area contributed by atoms with Crippen molar-refractivity contribution in [1.82, 2.24) is 0 Å². The van der Waals surface area contributed by atoms with Gasteiger partial charge in [-0.3, -0.25) is 0 Å². The number of carbonyl (C=O) groups is 1. The van der Waals surface area contributed by atoms with Crippen molar-refractivity contribution in [3.63, 3.8) is 0 Å². The van der Waals surface area contributed by atoms with Gasteiger partial charge in [0.15, 0.2) is 0 Å². The number of halogens is 2. The van der Waals surface area contributed by atoms with Crippen LogP contribution >= 0.6 is 23.2 Å². The lowest BCUT2D eigenvalue weighted by molar-refractivity contribution is -0.131. The van der Waals surface area contributed by atoms with Crippen LogP contribution in [0.2, 0.25) is 5.02 Å². The summed E-state index contributed by atoms with van der Waals surface area (Å²) in [6, 6.07) is 4.96. The molecular weight excluding hydrogens is 263 g/mol. The van der Waals surface area contributed by atoms with Gasteiger partial charge in [-0.25, -0.2) is 4.79 Å². The van der Waals surface area contributed by atoms with E-state index >= 15 is 0 Å². The van der Waals surface area contributed by atoms with Crippen LogP contribution in [-0.4, -0.2) is 17.7 Å². The molecule has 3 nitrogen and oxygen atoms in total. The molecule has 0 bridgehead atoms. The van der Waals surface area contributed by atoms with E-state index in [2.05, 4.69) is 0 Å². The largest absolute Gasteiger partial charge is 0.489 e. The molecule has 90 valence electrons. The van der Waals surface area contributed by atoms with E-state index in [1.54, 1.807) is 24.3 Å². The molecule has 0 amide bonds. The normalized spacial score (nSPS) is 11.2. The zero-order chi connectivity index (χ0) is 12.7. The van der Waals surface area contributed by atoms with Crippen molar-refractivity contribution in [2.75, 3.05) is 6.61 Å². The van der Waals surface area contributed by atoms with Crippen molar-refractivity contribution < 1.29 is 14.6 Å². The van der Waals surface area contributed by atoms with Crippen LogP contribution in [0.4, 0.5) is 0 Å². The summed E-state index contributed by atoms with van der Waals surface area (Å²) >= 11 is 11.2. The summed E-state index contributed by atoms with van der Waals surface area (Å²) in [5.41, 5.74) is 1.95. The van der Waals surface area contributed by atoms with E-state index in [-0.39, 0.29) is 0 Å². The first-order valence-corrected chi connectivity index (χ1v) is 5.53. The Morgan fingerprint density at radius 3 is 2.88 bits per heavy atom. The van der Waals surface area contributed by atoms with Crippen molar-refractivity contribution in [3.8, 4) is 5.75 Å². The average molecular weight is 273 g/mol. The molecular formula is C12H10Cl2O3. The van der Waals surface area contributed by atoms with Gasteiger partial charge in [-0.15, -0.1) is 0 Å². The minimum atomic E-state index is -1.03. The highest BCUT2D eigenvalue weighted by Gasteiger charge is 2.02. The van der Waals surface area contributed by atoms with Crippen LogP contribution in [0.15, 0.2) is 35.9 Å². The summed E-state index contributed by atoms with van der Waals surface area (Å²) in [4.78, 5) is 10.4. The van der Waals surface area contributed by atoms with E-state index in [1.165, 1.54) is 11.6 Å². The van der Waals surface area contributed by atoms with Gasteiger partial charge in [0.05, 0.1) is 0 Å². The van der Waals surface area contributed by atoms with Gasteiger partial charge in [0.2, 0.25) is 0 Å². The maximum absolute atomic E-state index is 10.4. The van der Waals surface area contributed by atoms with Crippen LogP contribution in [0, 0.1) is 0 Å². The molecule has 0 fully saturated rings. The summed E-state index contributed by atoms with van der Waals surface area (Å²) in [5.74, 6) is -0.488. The second kappa shape index (κ2) is 6.99. The summed E-state index contributed by atoms with van der Waals surface area (Å²) in [5, 5.41) is 9.07. The van der Waals surface area contributed by atoms with Crippen LogP contribution in [0.25, 0.3) is 6.08 Å². The number of rotatable bonds is 5. The van der Waals surface area contributed by atoms with Gasteiger partial charge in [0.1, 0.15) is 12.4 Å². The lowest BCUT2D eigenvalue weighted by atomic mass is 10.2. The highest BCUT2D eigenvalue weighted by atomic mass is 35.5. The maximum atomic E-state index is 10.4. The standard InChI is InChI=1S/C12H10Cl2O3/c13-6-1-7-17-11-4-3-10(14)8-9(11)2-5-12(15)16/h1-6,8H,7H2,(H,15,16)/b5-2+,6-1+. The van der Waals surface area contributed by atoms with Crippen molar-refractivity contribution in [1.29, 1.82) is 0 Å². The number of ether oxygens (including phenoxy) is 1. The van der Waals surface area contributed by atoms with Crippen molar-refractivity contribution in [2.24, 2.45) is 0 Å². The Bertz CT molecular complexity index is 453. The van der Waals surface area contributed by atoms with Gasteiger partial charge >= 0.3 is 5.97 Å². The quantitative estimate of drug-likeness (QED) is 0.834. The molecule has 0 aliphatic heterocycles. The molecule has 0 heterocycles. The second-order valence-corrected chi connectivity index (χ2v) is 3.71. The summed E-state index contributed by atoms with van der Waals surface area (Å²) in [6.07, 6.45) is 4.07. The predicted molar refractivity (Wildman–Crippen MR) is 68.6 cm³/mol. The fourth-order valence-corrected chi connectivity index (χ4v) is 1.37. The number of hydrogen-bond donors (Lipinski definition) is 1. The Kier molecular flexibility index (Phi) is 5.60. The molecule has 0 saturated heterocycles. The summed E-state index contributed by atoms with van der Waals surface area (Å²) in [7, 11) is 0. The third-order valence-electron chi connectivity index (χ3n) is 1.80. The monoisotopic (exact) mass is 272 g/mol. The maximum Gasteiger partial charge on any atom is 0.328 e. The molecule has 0 aromatic heterocycles. The predicted octanol–water partition coefficient (Wildman–Crippen LogP) is 3.57. The van der Waals surface area contributed by atoms with E-state index in [1.807, 2.05) is 0 Å². The van der Waals surface area contributed by atoms with E-state index in [9.17, 15) is 4.79 Å². The zero-order valence-corrected chi connectivity index (χ0v) is 10.3. The van der Waals surface area contributed by atoms with Crippen LogP contribution in [0.3, 0.4) is 0 Å². The van der Waals surface area contributed by atoms with Crippen molar-refractivity contribution in [3.05, 3.63) is 46.5 Å². The third-order valence-corrected chi connectivity index (χ3v) is 2.21. The van der Waals surface area contributed by atoms with E-state index < -0.39 is 5.97 Å². The van der Waals surface area contributed by atoms with Gasteiger partial charge in [0.25, 0.3) is 0 Å². The van der Waals surface area contributed by atoms with Crippen molar-refractivity contribution in [2.45, 2.75) is 0 Å². The summed E-state index contributed by atoms with van der Waals surface area (Å²) in [6.45, 7) is 0.305. The summed E-state index contributed by atoms with van der Waals surface area (Å²) < 4.78 is 5.39. The molecule has 5 heteroatoms. The Morgan fingerprint density at radius 1 is 1.47 bits per heavy atom. The van der Waals surface area contributed by atoms with Crippen LogP contribution in [0.1, 0.15) is 5.56 Å². The molecule has 0 aliphatic carbocycles. The average Bonchev–Trinajstić information content (AvgIpc) is 2.29. The molecule has 1 aromatic rings. The first-order chi connectivity index (χ1) is 8.13. The van der Waals surface area contributed by atoms with Crippen LogP contribution in [-0.2, 0) is 4.79 Å². The Hall–Kier alpha value is -1.45. The lowest BCUT2D eigenvalue weighted by Crippen LogP contribution is -1.95. The number of carboxylic acid groups (broad SMARTS) is 1. The molecule has 1 N–H and O–H groups in total. The molecule has 17 heavy (non-hydrogen) atoms. The molecule has 0 spiro atoms. The van der Waals surface area contributed by atoms with Gasteiger partial charge in [-0.05, 0) is 30.4 Å². The minimum Gasteiger partial charge on any atom is -0.489 e. The minimum absolute atomic E-state index is 0.305. The van der Waals surface area contributed by atoms with Crippen LogP contribution < -0.4 is 4.74 Å². The lowest BCUT2D eigenvalue weighted by Gasteiger charge is -2.07. The molecule has 0 atom stereocenters. The van der Waals surface area contributed by atoms with E-state index in [0.29, 0.717) is 22.9 Å². The first-order valence-electron chi connectivity index (χ1n) is 4.72. The van der Waals surface area contributed by atoms with Crippen molar-refractivity contribution >= 4 is 35.2 Å². The number of hydrogen-bond acceptors (Lipinski definition) is 2. The fourth-order valence-electron chi connectivity index (χ4n) is 1.12. The first kappa shape index (κ1) is 13.6. The molecule has 0 unspecified atom stereocenters. The number of carboxylic acids is 1. The van der Waals surface area contributed by atoms with E-state index in [4.69, 9.17) is 33.0 Å². The van der Waals surface area contributed by atoms with E-state index in [0.717, 1.165) is 6.08 Å². The smallest absolute Gasteiger partial charge is 0.328 e. The highest BCUT2D eigenvalue weighted by Crippen LogP contribution is 2.24. The third kappa shape index (κ3) is 4.93. The number of aliphatic carboxylic acids is 1. The zero-order valence-electron chi connectivity index (χ0n) is 8.77. The molecule has 0 radical (unpaired) electrons. The van der Waals surface area contributed by atoms with Gasteiger partial charge in [-0.1, -0.05) is 23.2 Å². The Balaban J connectivity index is 2.91. The fraction of sp³-hybridized carbons (Fsp3) is 0.0833. The number of benzene rings is 1. The van der Waals surface area contributed by atoms with Gasteiger partial charge in [-0.2, -0.15) is 0 Å².